The van der Waals surface area contributed by atoms with Gasteiger partial charge in [-0.15, -0.1) is 0 Å². The zero-order valence-electron chi connectivity index (χ0n) is 9.80. The fraction of sp³-hybridized carbons (Fsp3) is 0.0667. The summed E-state index contributed by atoms with van der Waals surface area (Å²) in [7, 11) is 0. The van der Waals surface area contributed by atoms with Crippen molar-refractivity contribution in [1.29, 1.82) is 0 Å². The van der Waals surface area contributed by atoms with E-state index < -0.39 is 0 Å². The summed E-state index contributed by atoms with van der Waals surface area (Å²) in [6.45, 7) is 0. The Morgan fingerprint density at radius 3 is 2.11 bits per heavy atom. The summed E-state index contributed by atoms with van der Waals surface area (Å²) in [5.41, 5.74) is 1.83. The molecule has 2 rings (SSSR count). The number of thiocarbonyl (C=S) groups is 1. The quantitative estimate of drug-likeness (QED) is 0.854. The van der Waals surface area contributed by atoms with E-state index in [0.717, 1.165) is 11.1 Å². The van der Waals surface area contributed by atoms with Gasteiger partial charge in [-0.1, -0.05) is 72.9 Å². The summed E-state index contributed by atoms with van der Waals surface area (Å²) in [6, 6.07) is 19.1. The van der Waals surface area contributed by atoms with Crippen molar-refractivity contribution in [3.63, 3.8) is 0 Å². The van der Waals surface area contributed by atoms with Crippen molar-refractivity contribution in [2.75, 3.05) is 0 Å². The number of nitrogens with one attached hydrogen (secondary N) is 1. The fourth-order valence-corrected chi connectivity index (χ4v) is 1.86. The summed E-state index contributed by atoms with van der Waals surface area (Å²) < 4.78 is 0. The molecule has 0 unspecified atom stereocenters. The molecule has 3 heteroatoms. The Bertz CT molecular complexity index is 537. The van der Waals surface area contributed by atoms with E-state index in [-0.39, 0.29) is 5.91 Å². The molecule has 1 N–H and O–H groups in total. The molecule has 1 amide bonds. The van der Waals surface area contributed by atoms with Crippen LogP contribution >= 0.6 is 12.2 Å². The molecule has 0 aliphatic heterocycles. The van der Waals surface area contributed by atoms with Crippen molar-refractivity contribution in [3.05, 3.63) is 71.8 Å². The molecule has 0 atom stereocenters. The summed E-state index contributed by atoms with van der Waals surface area (Å²) in [5, 5.41) is 2.74. The van der Waals surface area contributed by atoms with E-state index in [1.54, 1.807) is 0 Å². The molecule has 0 bridgehead atoms. The largest absolute Gasteiger partial charge is 0.316 e. The molecule has 0 radical (unpaired) electrons. The van der Waals surface area contributed by atoms with Gasteiger partial charge in [-0.05, 0) is 5.56 Å². The first-order valence-corrected chi connectivity index (χ1v) is 6.09. The topological polar surface area (TPSA) is 29.1 Å². The van der Waals surface area contributed by atoms with Crippen LogP contribution in [0.25, 0.3) is 0 Å². The molecule has 0 aromatic heterocycles. The van der Waals surface area contributed by atoms with Crippen LogP contribution in [0.2, 0.25) is 0 Å². The van der Waals surface area contributed by atoms with Gasteiger partial charge in [-0.2, -0.15) is 0 Å². The predicted molar refractivity (Wildman–Crippen MR) is 76.4 cm³/mol. The van der Waals surface area contributed by atoms with E-state index in [1.807, 2.05) is 60.7 Å². The molecule has 2 nitrogen and oxygen atoms in total. The van der Waals surface area contributed by atoms with Crippen LogP contribution in [-0.2, 0) is 11.2 Å². The highest BCUT2D eigenvalue weighted by Gasteiger charge is 2.06. The van der Waals surface area contributed by atoms with Crippen LogP contribution in [0.15, 0.2) is 60.7 Å². The van der Waals surface area contributed by atoms with E-state index in [4.69, 9.17) is 12.2 Å². The number of benzene rings is 2. The van der Waals surface area contributed by atoms with Crippen LogP contribution < -0.4 is 5.32 Å². The molecule has 0 heterocycles. The van der Waals surface area contributed by atoms with E-state index >= 15 is 0 Å². The third-order valence-corrected chi connectivity index (χ3v) is 2.83. The summed E-state index contributed by atoms with van der Waals surface area (Å²) >= 11 is 5.18. The molecule has 0 spiro atoms. The van der Waals surface area contributed by atoms with Gasteiger partial charge in [0.15, 0.2) is 0 Å². The van der Waals surface area contributed by atoms with Crippen LogP contribution in [0.3, 0.4) is 0 Å². The lowest BCUT2D eigenvalue weighted by atomic mass is 10.1. The van der Waals surface area contributed by atoms with Gasteiger partial charge in [0.05, 0.1) is 6.42 Å². The first-order valence-electron chi connectivity index (χ1n) is 5.69. The lowest BCUT2D eigenvalue weighted by Crippen LogP contribution is -2.30. The van der Waals surface area contributed by atoms with Crippen LogP contribution in [0.4, 0.5) is 0 Å². The van der Waals surface area contributed by atoms with Gasteiger partial charge in [0.1, 0.15) is 4.99 Å². The zero-order chi connectivity index (χ0) is 12.8. The van der Waals surface area contributed by atoms with Crippen molar-refractivity contribution in [2.24, 2.45) is 0 Å². The van der Waals surface area contributed by atoms with Crippen molar-refractivity contribution in [1.82, 2.24) is 5.32 Å². The molecule has 0 saturated heterocycles. The maximum atomic E-state index is 11.8. The van der Waals surface area contributed by atoms with E-state index in [9.17, 15) is 4.79 Å². The lowest BCUT2D eigenvalue weighted by molar-refractivity contribution is -0.119. The van der Waals surface area contributed by atoms with Crippen LogP contribution in [0.5, 0.6) is 0 Å². The Morgan fingerprint density at radius 2 is 1.50 bits per heavy atom. The minimum atomic E-state index is -0.0879. The van der Waals surface area contributed by atoms with Gasteiger partial charge < -0.3 is 5.32 Å². The molecule has 2 aromatic rings. The first kappa shape index (κ1) is 12.5. The third kappa shape index (κ3) is 3.50. The number of hydrogen-bond acceptors (Lipinski definition) is 2. The van der Waals surface area contributed by atoms with E-state index in [0.29, 0.717) is 11.4 Å². The Balaban J connectivity index is 1.94. The van der Waals surface area contributed by atoms with Gasteiger partial charge in [-0.25, -0.2) is 0 Å². The van der Waals surface area contributed by atoms with Gasteiger partial charge in [-0.3, -0.25) is 4.79 Å². The van der Waals surface area contributed by atoms with Gasteiger partial charge in [0.25, 0.3) is 0 Å². The highest BCUT2D eigenvalue weighted by molar-refractivity contribution is 7.80. The maximum absolute atomic E-state index is 11.8. The van der Waals surface area contributed by atoms with Gasteiger partial charge in [0.2, 0.25) is 5.91 Å². The number of carbonyl (C=O) groups excluding carboxylic acids is 1. The average Bonchev–Trinajstić information content (AvgIpc) is 2.40. The Hall–Kier alpha value is -2.00. The maximum Gasteiger partial charge on any atom is 0.229 e. The van der Waals surface area contributed by atoms with Crippen LogP contribution in [0.1, 0.15) is 11.1 Å². The Labute approximate surface area is 112 Å². The van der Waals surface area contributed by atoms with Gasteiger partial charge >= 0.3 is 0 Å². The minimum absolute atomic E-state index is 0.0879. The van der Waals surface area contributed by atoms with E-state index in [1.165, 1.54) is 0 Å². The second kappa shape index (κ2) is 6.07. The molecule has 0 aliphatic carbocycles. The van der Waals surface area contributed by atoms with Crippen LogP contribution in [-0.4, -0.2) is 10.9 Å². The smallest absolute Gasteiger partial charge is 0.229 e. The second-order valence-corrected chi connectivity index (χ2v) is 4.31. The van der Waals surface area contributed by atoms with Crippen molar-refractivity contribution in [2.45, 2.75) is 6.42 Å². The standard InChI is InChI=1S/C15H13NOS/c17-14(11-12-7-3-1-4-8-12)16-15(18)13-9-5-2-6-10-13/h1-10H,11H2,(H,16,17,18). The SMILES string of the molecule is O=C(Cc1ccccc1)NC(=S)c1ccccc1. The van der Waals surface area contributed by atoms with Crippen molar-refractivity contribution >= 4 is 23.1 Å². The minimum Gasteiger partial charge on any atom is -0.316 e. The summed E-state index contributed by atoms with van der Waals surface area (Å²) in [5.74, 6) is -0.0879. The molecule has 0 aliphatic rings. The first-order chi connectivity index (χ1) is 8.75. The van der Waals surface area contributed by atoms with Crippen molar-refractivity contribution < 1.29 is 4.79 Å². The summed E-state index contributed by atoms with van der Waals surface area (Å²) in [4.78, 5) is 12.3. The molecule has 18 heavy (non-hydrogen) atoms. The number of amides is 1. The number of carbonyl (C=O) groups is 1. The lowest BCUT2D eigenvalue weighted by Gasteiger charge is -2.06. The molecule has 2 aromatic carbocycles. The fourth-order valence-electron chi connectivity index (χ4n) is 1.61. The highest BCUT2D eigenvalue weighted by Crippen LogP contribution is 2.02. The molecular weight excluding hydrogens is 242 g/mol. The highest BCUT2D eigenvalue weighted by atomic mass is 32.1. The third-order valence-electron chi connectivity index (χ3n) is 2.50. The number of rotatable bonds is 3. The summed E-state index contributed by atoms with van der Waals surface area (Å²) in [6.07, 6.45) is 0.341. The zero-order valence-corrected chi connectivity index (χ0v) is 10.6. The predicted octanol–water partition coefficient (Wildman–Crippen LogP) is 2.72. The Kier molecular flexibility index (Phi) is 4.20. The monoisotopic (exact) mass is 255 g/mol. The second-order valence-electron chi connectivity index (χ2n) is 3.91. The van der Waals surface area contributed by atoms with Crippen molar-refractivity contribution in [3.8, 4) is 0 Å². The van der Waals surface area contributed by atoms with E-state index in [2.05, 4.69) is 5.32 Å². The Morgan fingerprint density at radius 1 is 0.944 bits per heavy atom. The molecule has 0 fully saturated rings. The molecule has 0 saturated carbocycles. The van der Waals surface area contributed by atoms with Crippen LogP contribution in [0, 0.1) is 0 Å². The molecule has 90 valence electrons. The van der Waals surface area contributed by atoms with Gasteiger partial charge in [0, 0.05) is 5.56 Å². The normalized spacial score (nSPS) is 9.78. The average molecular weight is 255 g/mol. The number of hydrogen-bond donors (Lipinski definition) is 1. The molecular formula is C15H13NOS.